The van der Waals surface area contributed by atoms with Crippen LogP contribution in [-0.4, -0.2) is 15.9 Å². The van der Waals surface area contributed by atoms with Crippen LogP contribution in [0.4, 0.5) is 11.5 Å². The van der Waals surface area contributed by atoms with Crippen molar-refractivity contribution in [1.82, 2.24) is 9.97 Å². The SMILES string of the molecule is O=C(Cc1cccc(Br)c1)Nc1ccc(NCc2cccnc2)cn1. The van der Waals surface area contributed by atoms with Crippen LogP contribution in [0.25, 0.3) is 0 Å². The zero-order valence-corrected chi connectivity index (χ0v) is 15.0. The van der Waals surface area contributed by atoms with Gasteiger partial charge in [-0.05, 0) is 41.5 Å². The summed E-state index contributed by atoms with van der Waals surface area (Å²) >= 11 is 3.40. The van der Waals surface area contributed by atoms with E-state index in [4.69, 9.17) is 0 Å². The van der Waals surface area contributed by atoms with Gasteiger partial charge in [0, 0.05) is 23.4 Å². The van der Waals surface area contributed by atoms with Crippen LogP contribution in [0, 0.1) is 0 Å². The summed E-state index contributed by atoms with van der Waals surface area (Å²) in [5.74, 6) is 0.439. The Bertz CT molecular complexity index is 838. The number of halogens is 1. The highest BCUT2D eigenvalue weighted by molar-refractivity contribution is 9.10. The monoisotopic (exact) mass is 396 g/mol. The van der Waals surface area contributed by atoms with Gasteiger partial charge in [0.15, 0.2) is 0 Å². The molecule has 0 bridgehead atoms. The average Bonchev–Trinajstić information content (AvgIpc) is 2.62. The molecule has 0 aliphatic carbocycles. The summed E-state index contributed by atoms with van der Waals surface area (Å²) < 4.78 is 0.958. The fourth-order valence-electron chi connectivity index (χ4n) is 2.30. The minimum atomic E-state index is -0.0957. The largest absolute Gasteiger partial charge is 0.380 e. The number of amides is 1. The van der Waals surface area contributed by atoms with E-state index < -0.39 is 0 Å². The highest BCUT2D eigenvalue weighted by Crippen LogP contribution is 2.14. The van der Waals surface area contributed by atoms with E-state index in [1.165, 1.54) is 0 Å². The van der Waals surface area contributed by atoms with Crippen LogP contribution >= 0.6 is 15.9 Å². The minimum Gasteiger partial charge on any atom is -0.380 e. The highest BCUT2D eigenvalue weighted by atomic mass is 79.9. The van der Waals surface area contributed by atoms with Gasteiger partial charge in [-0.2, -0.15) is 0 Å². The van der Waals surface area contributed by atoms with E-state index in [2.05, 4.69) is 36.5 Å². The number of hydrogen-bond donors (Lipinski definition) is 2. The number of pyridine rings is 2. The lowest BCUT2D eigenvalue weighted by molar-refractivity contribution is -0.115. The minimum absolute atomic E-state index is 0.0957. The third-order valence-electron chi connectivity index (χ3n) is 3.50. The maximum Gasteiger partial charge on any atom is 0.229 e. The first-order valence-electron chi connectivity index (χ1n) is 7.82. The van der Waals surface area contributed by atoms with Crippen molar-refractivity contribution >= 4 is 33.3 Å². The Labute approximate surface area is 154 Å². The molecule has 0 atom stereocenters. The molecule has 0 fully saturated rings. The van der Waals surface area contributed by atoms with Crippen molar-refractivity contribution in [3.63, 3.8) is 0 Å². The van der Waals surface area contributed by atoms with Crippen molar-refractivity contribution in [3.05, 3.63) is 82.7 Å². The Balaban J connectivity index is 1.52. The molecule has 0 saturated heterocycles. The summed E-state index contributed by atoms with van der Waals surface area (Å²) in [7, 11) is 0. The Morgan fingerprint density at radius 2 is 1.92 bits per heavy atom. The predicted octanol–water partition coefficient (Wildman–Crippen LogP) is 4.03. The molecule has 5 nitrogen and oxygen atoms in total. The average molecular weight is 397 g/mol. The first kappa shape index (κ1) is 17.1. The van der Waals surface area contributed by atoms with Gasteiger partial charge in [-0.15, -0.1) is 0 Å². The summed E-state index contributed by atoms with van der Waals surface area (Å²) in [5.41, 5.74) is 2.92. The summed E-state index contributed by atoms with van der Waals surface area (Å²) in [6.45, 7) is 0.671. The third-order valence-corrected chi connectivity index (χ3v) is 4.00. The summed E-state index contributed by atoms with van der Waals surface area (Å²) in [6, 6.07) is 15.3. The molecule has 3 aromatic rings. The number of carbonyl (C=O) groups is 1. The van der Waals surface area contributed by atoms with Gasteiger partial charge in [0.05, 0.1) is 18.3 Å². The van der Waals surface area contributed by atoms with Gasteiger partial charge in [0.25, 0.3) is 0 Å². The highest BCUT2D eigenvalue weighted by Gasteiger charge is 2.05. The quantitative estimate of drug-likeness (QED) is 0.659. The molecule has 1 aromatic carbocycles. The number of aromatic nitrogens is 2. The van der Waals surface area contributed by atoms with Gasteiger partial charge in [-0.1, -0.05) is 34.1 Å². The Morgan fingerprint density at radius 3 is 2.64 bits per heavy atom. The van der Waals surface area contributed by atoms with Crippen LogP contribution in [0.5, 0.6) is 0 Å². The standard InChI is InChI=1S/C19H17BrN4O/c20-16-5-1-3-14(9-16)10-19(25)24-18-7-6-17(13-23-18)22-12-15-4-2-8-21-11-15/h1-9,11,13,22H,10,12H2,(H,23,24,25). The second-order valence-electron chi connectivity index (χ2n) is 5.50. The summed E-state index contributed by atoms with van der Waals surface area (Å²) in [5, 5.41) is 6.07. The Hall–Kier alpha value is -2.73. The molecule has 0 unspecified atom stereocenters. The molecule has 2 heterocycles. The maximum absolute atomic E-state index is 12.1. The normalized spacial score (nSPS) is 10.3. The zero-order chi connectivity index (χ0) is 17.5. The van der Waals surface area contributed by atoms with Crippen LogP contribution in [0.3, 0.4) is 0 Å². The first-order valence-corrected chi connectivity index (χ1v) is 8.61. The predicted molar refractivity (Wildman–Crippen MR) is 102 cm³/mol. The summed E-state index contributed by atoms with van der Waals surface area (Å²) in [4.78, 5) is 20.4. The van der Waals surface area contributed by atoms with Crippen LogP contribution in [0.15, 0.2) is 71.6 Å². The number of anilines is 2. The zero-order valence-electron chi connectivity index (χ0n) is 13.4. The molecule has 0 radical (unpaired) electrons. The molecule has 2 N–H and O–H groups in total. The van der Waals surface area contributed by atoms with Crippen molar-refractivity contribution in [3.8, 4) is 0 Å². The molecule has 0 saturated carbocycles. The number of nitrogens with zero attached hydrogens (tertiary/aromatic N) is 2. The van der Waals surface area contributed by atoms with Crippen molar-refractivity contribution in [2.75, 3.05) is 10.6 Å². The van der Waals surface area contributed by atoms with E-state index in [0.717, 1.165) is 21.3 Å². The van der Waals surface area contributed by atoms with Crippen LogP contribution in [-0.2, 0) is 17.8 Å². The molecule has 2 aromatic heterocycles. The van der Waals surface area contributed by atoms with Crippen molar-refractivity contribution in [2.45, 2.75) is 13.0 Å². The lowest BCUT2D eigenvalue weighted by atomic mass is 10.1. The lowest BCUT2D eigenvalue weighted by Crippen LogP contribution is -2.15. The number of benzene rings is 1. The van der Waals surface area contributed by atoms with E-state index in [1.807, 2.05) is 48.7 Å². The molecule has 0 aliphatic rings. The fourth-order valence-corrected chi connectivity index (χ4v) is 2.75. The van der Waals surface area contributed by atoms with E-state index in [-0.39, 0.29) is 5.91 Å². The number of hydrogen-bond acceptors (Lipinski definition) is 4. The fraction of sp³-hybridized carbons (Fsp3) is 0.105. The number of carbonyl (C=O) groups excluding carboxylic acids is 1. The van der Waals surface area contributed by atoms with E-state index >= 15 is 0 Å². The Kier molecular flexibility index (Phi) is 5.74. The molecule has 3 rings (SSSR count). The smallest absolute Gasteiger partial charge is 0.229 e. The van der Waals surface area contributed by atoms with Gasteiger partial charge in [-0.25, -0.2) is 4.98 Å². The third kappa shape index (κ3) is 5.39. The van der Waals surface area contributed by atoms with E-state index in [0.29, 0.717) is 18.8 Å². The second kappa shape index (κ2) is 8.39. The van der Waals surface area contributed by atoms with Gasteiger partial charge >= 0.3 is 0 Å². The van der Waals surface area contributed by atoms with Gasteiger partial charge in [0.1, 0.15) is 5.82 Å². The summed E-state index contributed by atoms with van der Waals surface area (Å²) in [6.07, 6.45) is 5.57. The number of rotatable bonds is 6. The molecule has 0 spiro atoms. The van der Waals surface area contributed by atoms with E-state index in [9.17, 15) is 4.79 Å². The van der Waals surface area contributed by atoms with Gasteiger partial charge in [-0.3, -0.25) is 9.78 Å². The topological polar surface area (TPSA) is 66.9 Å². The molecule has 126 valence electrons. The second-order valence-corrected chi connectivity index (χ2v) is 6.42. The van der Waals surface area contributed by atoms with Crippen molar-refractivity contribution in [2.24, 2.45) is 0 Å². The van der Waals surface area contributed by atoms with Gasteiger partial charge < -0.3 is 10.6 Å². The molecular weight excluding hydrogens is 380 g/mol. The molecule has 1 amide bonds. The van der Waals surface area contributed by atoms with Crippen LogP contribution in [0.1, 0.15) is 11.1 Å². The van der Waals surface area contributed by atoms with Crippen molar-refractivity contribution < 1.29 is 4.79 Å². The molecular formula is C19H17BrN4O. The Morgan fingerprint density at radius 1 is 1.04 bits per heavy atom. The van der Waals surface area contributed by atoms with Crippen LogP contribution in [0.2, 0.25) is 0 Å². The first-order chi connectivity index (χ1) is 12.2. The van der Waals surface area contributed by atoms with E-state index in [1.54, 1.807) is 18.5 Å². The molecule has 0 aliphatic heterocycles. The molecule has 25 heavy (non-hydrogen) atoms. The lowest BCUT2D eigenvalue weighted by Gasteiger charge is -2.08. The van der Waals surface area contributed by atoms with Crippen LogP contribution < -0.4 is 10.6 Å². The van der Waals surface area contributed by atoms with Crippen molar-refractivity contribution in [1.29, 1.82) is 0 Å². The van der Waals surface area contributed by atoms with Gasteiger partial charge in [0.2, 0.25) is 5.91 Å². The molecule has 6 heteroatoms. The maximum atomic E-state index is 12.1. The number of nitrogens with one attached hydrogen (secondary N) is 2.